The molecule has 0 amide bonds. The Morgan fingerprint density at radius 1 is 1.54 bits per heavy atom. The highest BCUT2D eigenvalue weighted by molar-refractivity contribution is 9.09. The molecular weight excluding hydrogens is 233 g/mol. The van der Waals surface area contributed by atoms with Crippen LogP contribution < -0.4 is 5.32 Å². The first-order chi connectivity index (χ1) is 6.20. The van der Waals surface area contributed by atoms with Crippen LogP contribution in [0.1, 0.15) is 22.4 Å². The summed E-state index contributed by atoms with van der Waals surface area (Å²) >= 11 is 3.49. The lowest BCUT2D eigenvalue weighted by molar-refractivity contribution is 0.600. The molecule has 1 N–H and O–H groups in total. The van der Waals surface area contributed by atoms with Crippen molar-refractivity contribution < 1.29 is 4.39 Å². The second-order valence-corrected chi connectivity index (χ2v) is 4.44. The van der Waals surface area contributed by atoms with Gasteiger partial charge >= 0.3 is 0 Å². The summed E-state index contributed by atoms with van der Waals surface area (Å²) in [5.74, 6) is -0.116. The topological polar surface area (TPSA) is 12.0 Å². The van der Waals surface area contributed by atoms with E-state index in [-0.39, 0.29) is 10.6 Å². The first-order valence-electron chi connectivity index (χ1n) is 4.37. The normalized spacial score (nSPS) is 20.7. The van der Waals surface area contributed by atoms with E-state index >= 15 is 0 Å². The van der Waals surface area contributed by atoms with Crippen LogP contribution in [0.4, 0.5) is 10.1 Å². The molecule has 1 unspecified atom stereocenters. The van der Waals surface area contributed by atoms with Gasteiger partial charge in [0.25, 0.3) is 0 Å². The summed E-state index contributed by atoms with van der Waals surface area (Å²) in [5.41, 5.74) is 2.86. The number of benzene rings is 1. The highest BCUT2D eigenvalue weighted by Gasteiger charge is 2.22. The predicted molar refractivity (Wildman–Crippen MR) is 55.9 cm³/mol. The molecule has 0 spiro atoms. The molecule has 0 saturated heterocycles. The molecule has 1 atom stereocenters. The highest BCUT2D eigenvalue weighted by atomic mass is 79.9. The Morgan fingerprint density at radius 2 is 2.31 bits per heavy atom. The van der Waals surface area contributed by atoms with Crippen LogP contribution in [0, 0.1) is 12.7 Å². The molecule has 0 saturated carbocycles. The maximum atomic E-state index is 13.4. The van der Waals surface area contributed by atoms with Gasteiger partial charge in [0.2, 0.25) is 0 Å². The summed E-state index contributed by atoms with van der Waals surface area (Å²) in [6.45, 7) is 2.91. The van der Waals surface area contributed by atoms with E-state index in [0.29, 0.717) is 0 Å². The molecule has 70 valence electrons. The number of alkyl halides is 1. The van der Waals surface area contributed by atoms with Crippen molar-refractivity contribution in [3.8, 4) is 0 Å². The lowest BCUT2D eigenvalue weighted by Crippen LogP contribution is -2.16. The minimum absolute atomic E-state index is 0.116. The fraction of sp³-hybridized carbons (Fsp3) is 0.400. The van der Waals surface area contributed by atoms with Gasteiger partial charge in [-0.1, -0.05) is 22.0 Å². The van der Waals surface area contributed by atoms with Crippen LogP contribution in [-0.2, 0) is 0 Å². The summed E-state index contributed by atoms with van der Waals surface area (Å²) < 4.78 is 13.4. The Labute approximate surface area is 85.5 Å². The van der Waals surface area contributed by atoms with Gasteiger partial charge in [0.05, 0.1) is 0 Å². The SMILES string of the molecule is Cc1ccc(F)c2c1NCCC2Br. The maximum Gasteiger partial charge on any atom is 0.129 e. The van der Waals surface area contributed by atoms with Crippen LogP contribution in [0.15, 0.2) is 12.1 Å². The molecule has 1 aliphatic heterocycles. The number of hydrogen-bond donors (Lipinski definition) is 1. The van der Waals surface area contributed by atoms with E-state index in [1.54, 1.807) is 0 Å². The minimum Gasteiger partial charge on any atom is -0.384 e. The lowest BCUT2D eigenvalue weighted by atomic mass is 9.99. The minimum atomic E-state index is -0.116. The third kappa shape index (κ3) is 1.46. The summed E-state index contributed by atoms with van der Waals surface area (Å²) in [6, 6.07) is 3.35. The summed E-state index contributed by atoms with van der Waals surface area (Å²) in [4.78, 5) is 0.156. The number of hydrogen-bond acceptors (Lipinski definition) is 1. The molecule has 1 aromatic rings. The number of rotatable bonds is 0. The summed E-state index contributed by atoms with van der Waals surface area (Å²) in [5, 5.41) is 3.23. The van der Waals surface area contributed by atoms with E-state index < -0.39 is 0 Å². The van der Waals surface area contributed by atoms with E-state index in [1.165, 1.54) is 6.07 Å². The summed E-state index contributed by atoms with van der Waals surface area (Å²) in [7, 11) is 0. The van der Waals surface area contributed by atoms with Crippen molar-refractivity contribution >= 4 is 21.6 Å². The second kappa shape index (κ2) is 3.29. The van der Waals surface area contributed by atoms with Crippen molar-refractivity contribution in [3.63, 3.8) is 0 Å². The van der Waals surface area contributed by atoms with E-state index in [9.17, 15) is 4.39 Å². The molecule has 3 heteroatoms. The van der Waals surface area contributed by atoms with Gasteiger partial charge in [-0.3, -0.25) is 0 Å². The van der Waals surface area contributed by atoms with Crippen LogP contribution in [-0.4, -0.2) is 6.54 Å². The fourth-order valence-corrected chi connectivity index (χ4v) is 2.39. The molecule has 1 aliphatic rings. The van der Waals surface area contributed by atoms with Gasteiger partial charge in [-0.25, -0.2) is 4.39 Å². The molecule has 1 nitrogen and oxygen atoms in total. The zero-order chi connectivity index (χ0) is 9.42. The Balaban J connectivity index is 2.60. The highest BCUT2D eigenvalue weighted by Crippen LogP contribution is 2.39. The number of anilines is 1. The first kappa shape index (κ1) is 9.00. The lowest BCUT2D eigenvalue weighted by Gasteiger charge is -2.24. The van der Waals surface area contributed by atoms with Crippen molar-refractivity contribution in [2.45, 2.75) is 18.2 Å². The fourth-order valence-electron chi connectivity index (χ4n) is 1.71. The van der Waals surface area contributed by atoms with Crippen molar-refractivity contribution in [1.82, 2.24) is 0 Å². The van der Waals surface area contributed by atoms with Crippen molar-refractivity contribution in [1.29, 1.82) is 0 Å². The van der Waals surface area contributed by atoms with E-state index in [4.69, 9.17) is 0 Å². The summed E-state index contributed by atoms with van der Waals surface area (Å²) in [6.07, 6.45) is 0.938. The molecule has 1 heterocycles. The Morgan fingerprint density at radius 3 is 3.00 bits per heavy atom. The van der Waals surface area contributed by atoms with Crippen molar-refractivity contribution in [3.05, 3.63) is 29.1 Å². The molecule has 13 heavy (non-hydrogen) atoms. The molecule has 1 aromatic carbocycles. The van der Waals surface area contributed by atoms with E-state index in [1.807, 2.05) is 13.0 Å². The van der Waals surface area contributed by atoms with Gasteiger partial charge in [-0.05, 0) is 25.0 Å². The third-order valence-corrected chi connectivity index (χ3v) is 3.33. The van der Waals surface area contributed by atoms with Gasteiger partial charge in [-0.15, -0.1) is 0 Å². The molecule has 2 rings (SSSR count). The average Bonchev–Trinajstić information content (AvgIpc) is 2.12. The van der Waals surface area contributed by atoms with Crippen LogP contribution >= 0.6 is 15.9 Å². The predicted octanol–water partition coefficient (Wildman–Crippen LogP) is 3.39. The smallest absolute Gasteiger partial charge is 0.129 e. The molecule has 0 radical (unpaired) electrons. The Kier molecular flexibility index (Phi) is 2.28. The number of fused-ring (bicyclic) bond motifs is 1. The molecule has 0 aliphatic carbocycles. The maximum absolute atomic E-state index is 13.4. The van der Waals surface area contributed by atoms with Crippen molar-refractivity contribution in [2.24, 2.45) is 0 Å². The molecule has 0 bridgehead atoms. The number of nitrogens with one attached hydrogen (secondary N) is 1. The zero-order valence-corrected chi connectivity index (χ0v) is 8.99. The zero-order valence-electron chi connectivity index (χ0n) is 7.40. The van der Waals surface area contributed by atoms with Crippen LogP contribution in [0.25, 0.3) is 0 Å². The van der Waals surface area contributed by atoms with Gasteiger partial charge in [0.1, 0.15) is 5.82 Å². The number of aryl methyl sites for hydroxylation is 1. The van der Waals surface area contributed by atoms with Crippen LogP contribution in [0.5, 0.6) is 0 Å². The molecule has 0 fully saturated rings. The van der Waals surface area contributed by atoms with Crippen LogP contribution in [0.2, 0.25) is 0 Å². The third-order valence-electron chi connectivity index (χ3n) is 2.41. The second-order valence-electron chi connectivity index (χ2n) is 3.34. The quantitative estimate of drug-likeness (QED) is 0.690. The van der Waals surface area contributed by atoms with E-state index in [2.05, 4.69) is 21.2 Å². The molecule has 0 aromatic heterocycles. The van der Waals surface area contributed by atoms with Crippen molar-refractivity contribution in [2.75, 3.05) is 11.9 Å². The van der Waals surface area contributed by atoms with Gasteiger partial charge in [0.15, 0.2) is 0 Å². The van der Waals surface area contributed by atoms with Crippen LogP contribution in [0.3, 0.4) is 0 Å². The van der Waals surface area contributed by atoms with Gasteiger partial charge in [-0.2, -0.15) is 0 Å². The van der Waals surface area contributed by atoms with Gasteiger partial charge in [0, 0.05) is 22.6 Å². The molecular formula is C10H11BrFN. The average molecular weight is 244 g/mol. The Bertz CT molecular complexity index is 338. The standard InChI is InChI=1S/C10H11BrFN/c1-6-2-3-8(12)9-7(11)4-5-13-10(6)9/h2-3,7,13H,4-5H2,1H3. The first-order valence-corrected chi connectivity index (χ1v) is 5.28. The monoisotopic (exact) mass is 243 g/mol. The van der Waals surface area contributed by atoms with E-state index in [0.717, 1.165) is 29.8 Å². The Hall–Kier alpha value is -0.570. The largest absolute Gasteiger partial charge is 0.384 e. The van der Waals surface area contributed by atoms with Gasteiger partial charge < -0.3 is 5.32 Å². The number of halogens is 2.